The molecule has 0 saturated heterocycles. The van der Waals surface area contributed by atoms with Gasteiger partial charge >= 0.3 is 5.97 Å². The molecular formula is C25H23N3O3. The number of aromatic nitrogens is 2. The Labute approximate surface area is 180 Å². The van der Waals surface area contributed by atoms with Crippen LogP contribution in [0.4, 0.5) is 5.69 Å². The zero-order chi connectivity index (χ0) is 21.8. The third-order valence-electron chi connectivity index (χ3n) is 5.36. The fraction of sp³-hybridized carbons (Fsp3) is 0.160. The fourth-order valence-electron chi connectivity index (χ4n) is 3.76. The van der Waals surface area contributed by atoms with Gasteiger partial charge in [-0.25, -0.2) is 4.98 Å². The van der Waals surface area contributed by atoms with Gasteiger partial charge in [0, 0.05) is 5.69 Å². The van der Waals surface area contributed by atoms with Crippen LogP contribution in [0.3, 0.4) is 0 Å². The lowest BCUT2D eigenvalue weighted by atomic mass is 10.0. The van der Waals surface area contributed by atoms with E-state index < -0.39 is 12.0 Å². The van der Waals surface area contributed by atoms with E-state index in [0.29, 0.717) is 5.69 Å². The van der Waals surface area contributed by atoms with Gasteiger partial charge < -0.3 is 15.0 Å². The molecule has 0 fully saturated rings. The van der Waals surface area contributed by atoms with Gasteiger partial charge in [-0.2, -0.15) is 0 Å². The normalized spacial score (nSPS) is 11.9. The molecule has 0 aliphatic carbocycles. The van der Waals surface area contributed by atoms with Crippen molar-refractivity contribution in [3.8, 4) is 0 Å². The Morgan fingerprint density at radius 2 is 1.77 bits per heavy atom. The van der Waals surface area contributed by atoms with Crippen molar-refractivity contribution in [2.45, 2.75) is 25.8 Å². The minimum atomic E-state index is -0.890. The molecule has 0 aliphatic heterocycles. The molecule has 1 atom stereocenters. The van der Waals surface area contributed by atoms with Crippen molar-refractivity contribution in [1.82, 2.24) is 9.55 Å². The number of nitrogens with zero attached hydrogens (tertiary/aromatic N) is 2. The molecule has 0 spiro atoms. The molecule has 6 nitrogen and oxygen atoms in total. The first-order chi connectivity index (χ1) is 15.0. The molecule has 0 radical (unpaired) electrons. The molecule has 0 aliphatic rings. The van der Waals surface area contributed by atoms with E-state index >= 15 is 0 Å². The lowest BCUT2D eigenvalue weighted by Gasteiger charge is -2.18. The summed E-state index contributed by atoms with van der Waals surface area (Å²) in [6, 6.07) is 22.4. The number of rotatable bonds is 7. The van der Waals surface area contributed by atoms with Crippen LogP contribution >= 0.6 is 0 Å². The van der Waals surface area contributed by atoms with Crippen molar-refractivity contribution in [2.24, 2.45) is 0 Å². The van der Waals surface area contributed by atoms with E-state index in [0.717, 1.165) is 27.7 Å². The summed E-state index contributed by atoms with van der Waals surface area (Å²) in [5.74, 6) is -0.997. The topological polar surface area (TPSA) is 84.2 Å². The second-order valence-corrected chi connectivity index (χ2v) is 7.53. The second-order valence-electron chi connectivity index (χ2n) is 7.53. The monoisotopic (exact) mass is 413 g/mol. The summed E-state index contributed by atoms with van der Waals surface area (Å²) in [6.45, 7) is 1.99. The Kier molecular flexibility index (Phi) is 5.80. The maximum absolute atomic E-state index is 12.6. The molecule has 156 valence electrons. The first-order valence-electron chi connectivity index (χ1n) is 10.1. The lowest BCUT2D eigenvalue weighted by Crippen LogP contribution is -2.16. The van der Waals surface area contributed by atoms with Crippen LogP contribution in [0.25, 0.3) is 11.0 Å². The van der Waals surface area contributed by atoms with Crippen LogP contribution in [0.5, 0.6) is 0 Å². The van der Waals surface area contributed by atoms with Crippen LogP contribution in [-0.2, 0) is 16.0 Å². The number of carboxylic acid groups (broad SMARTS) is 1. The van der Waals surface area contributed by atoms with Crippen LogP contribution in [-0.4, -0.2) is 26.5 Å². The van der Waals surface area contributed by atoms with Crippen molar-refractivity contribution in [2.75, 3.05) is 5.32 Å². The number of nitrogens with one attached hydrogen (secondary N) is 1. The maximum Gasteiger partial charge on any atom is 0.305 e. The SMILES string of the molecule is Cc1ccccc1CC(=O)Nc1ccc2ncn(C(CC(=O)O)c3ccccc3)c2c1. The van der Waals surface area contributed by atoms with E-state index in [1.165, 1.54) is 0 Å². The number of amides is 1. The van der Waals surface area contributed by atoms with Gasteiger partial charge in [-0.3, -0.25) is 9.59 Å². The minimum absolute atomic E-state index is 0.0701. The Bertz CT molecular complexity index is 1230. The number of carbonyl (C=O) groups excluding carboxylic acids is 1. The number of benzene rings is 3. The Morgan fingerprint density at radius 3 is 2.52 bits per heavy atom. The van der Waals surface area contributed by atoms with E-state index in [1.807, 2.05) is 84.3 Å². The second kappa shape index (κ2) is 8.83. The number of carboxylic acids is 1. The number of hydrogen-bond acceptors (Lipinski definition) is 3. The van der Waals surface area contributed by atoms with Gasteiger partial charge in [-0.15, -0.1) is 0 Å². The molecular weight excluding hydrogens is 390 g/mol. The zero-order valence-corrected chi connectivity index (χ0v) is 17.2. The van der Waals surface area contributed by atoms with Crippen molar-refractivity contribution in [1.29, 1.82) is 0 Å². The van der Waals surface area contributed by atoms with Crippen molar-refractivity contribution < 1.29 is 14.7 Å². The summed E-state index contributed by atoms with van der Waals surface area (Å²) in [5.41, 5.74) is 5.10. The quantitative estimate of drug-likeness (QED) is 0.464. The first-order valence-corrected chi connectivity index (χ1v) is 10.1. The van der Waals surface area contributed by atoms with Crippen LogP contribution in [0, 0.1) is 6.92 Å². The molecule has 2 N–H and O–H groups in total. The van der Waals surface area contributed by atoms with Crippen molar-refractivity contribution in [3.63, 3.8) is 0 Å². The largest absolute Gasteiger partial charge is 0.481 e. The van der Waals surface area contributed by atoms with Gasteiger partial charge in [0.05, 0.1) is 36.2 Å². The molecule has 1 unspecified atom stereocenters. The summed E-state index contributed by atoms with van der Waals surface area (Å²) in [7, 11) is 0. The number of aryl methyl sites for hydroxylation is 1. The minimum Gasteiger partial charge on any atom is -0.481 e. The van der Waals surface area contributed by atoms with E-state index in [9.17, 15) is 14.7 Å². The molecule has 1 heterocycles. The van der Waals surface area contributed by atoms with Crippen LogP contribution in [0.1, 0.15) is 29.2 Å². The summed E-state index contributed by atoms with van der Waals surface area (Å²) in [4.78, 5) is 28.5. The lowest BCUT2D eigenvalue weighted by molar-refractivity contribution is -0.137. The number of aliphatic carboxylic acids is 1. The average molecular weight is 413 g/mol. The Morgan fingerprint density at radius 1 is 1.03 bits per heavy atom. The standard InChI is InChI=1S/C25H23N3O3/c1-17-7-5-6-10-19(17)13-24(29)27-20-11-12-21-23(14-20)28(16-26-21)22(15-25(30)31)18-8-3-2-4-9-18/h2-12,14,16,22H,13,15H2,1H3,(H,27,29)(H,30,31). The van der Waals surface area contributed by atoms with Gasteiger partial charge in [-0.05, 0) is 41.8 Å². The molecule has 1 amide bonds. The molecule has 0 bridgehead atoms. The van der Waals surface area contributed by atoms with Gasteiger partial charge in [0.2, 0.25) is 5.91 Å². The summed E-state index contributed by atoms with van der Waals surface area (Å²) < 4.78 is 1.86. The Hall–Kier alpha value is -3.93. The first kappa shape index (κ1) is 20.3. The highest BCUT2D eigenvalue weighted by molar-refractivity contribution is 5.94. The smallest absolute Gasteiger partial charge is 0.305 e. The van der Waals surface area contributed by atoms with Gasteiger partial charge in [-0.1, -0.05) is 54.6 Å². The van der Waals surface area contributed by atoms with Crippen LogP contribution in [0.15, 0.2) is 79.1 Å². The molecule has 31 heavy (non-hydrogen) atoms. The van der Waals surface area contributed by atoms with Crippen LogP contribution in [0.2, 0.25) is 0 Å². The third kappa shape index (κ3) is 4.64. The highest BCUT2D eigenvalue weighted by atomic mass is 16.4. The number of fused-ring (bicyclic) bond motifs is 1. The summed E-state index contributed by atoms with van der Waals surface area (Å²) in [6.07, 6.45) is 1.87. The summed E-state index contributed by atoms with van der Waals surface area (Å²) >= 11 is 0. The average Bonchev–Trinajstić information content (AvgIpc) is 3.17. The number of hydrogen-bond donors (Lipinski definition) is 2. The van der Waals surface area contributed by atoms with E-state index in [1.54, 1.807) is 6.33 Å². The molecule has 1 aromatic heterocycles. The fourth-order valence-corrected chi connectivity index (χ4v) is 3.76. The molecule has 4 aromatic rings. The van der Waals surface area contributed by atoms with E-state index in [-0.39, 0.29) is 18.7 Å². The maximum atomic E-state index is 12.6. The van der Waals surface area contributed by atoms with Gasteiger partial charge in [0.1, 0.15) is 0 Å². The predicted octanol–water partition coefficient (Wildman–Crippen LogP) is 4.59. The highest BCUT2D eigenvalue weighted by Gasteiger charge is 2.20. The highest BCUT2D eigenvalue weighted by Crippen LogP contribution is 2.28. The van der Waals surface area contributed by atoms with Crippen molar-refractivity contribution >= 4 is 28.6 Å². The number of carbonyl (C=O) groups is 2. The van der Waals surface area contributed by atoms with Crippen LogP contribution < -0.4 is 5.32 Å². The molecule has 0 saturated carbocycles. The van der Waals surface area contributed by atoms with Crippen molar-refractivity contribution in [3.05, 3.63) is 95.8 Å². The molecule has 4 rings (SSSR count). The number of imidazole rings is 1. The molecule has 3 aromatic carbocycles. The Balaban J connectivity index is 1.63. The zero-order valence-electron chi connectivity index (χ0n) is 17.2. The van der Waals surface area contributed by atoms with E-state index in [2.05, 4.69) is 10.3 Å². The van der Waals surface area contributed by atoms with Gasteiger partial charge in [0.15, 0.2) is 0 Å². The van der Waals surface area contributed by atoms with E-state index in [4.69, 9.17) is 0 Å². The number of anilines is 1. The molecule has 6 heteroatoms. The third-order valence-corrected chi connectivity index (χ3v) is 5.36. The summed E-state index contributed by atoms with van der Waals surface area (Å²) in [5, 5.41) is 12.4. The van der Waals surface area contributed by atoms with Gasteiger partial charge in [0.25, 0.3) is 0 Å². The predicted molar refractivity (Wildman–Crippen MR) is 120 cm³/mol.